The summed E-state index contributed by atoms with van der Waals surface area (Å²) in [7, 11) is 4.70. The van der Waals surface area contributed by atoms with Gasteiger partial charge in [0, 0.05) is 37.8 Å². The normalized spacial score (nSPS) is 15.0. The monoisotopic (exact) mass is 553 g/mol. The highest BCUT2D eigenvalue weighted by Gasteiger charge is 2.21. The molecule has 0 spiro atoms. The lowest BCUT2D eigenvalue weighted by molar-refractivity contribution is -0.116. The second-order valence-electron chi connectivity index (χ2n) is 11.0. The Balaban J connectivity index is 1.88. The Labute approximate surface area is 240 Å². The quantitative estimate of drug-likeness (QED) is 0.422. The summed E-state index contributed by atoms with van der Waals surface area (Å²) in [6, 6.07) is 9.39. The predicted octanol–water partition coefficient (Wildman–Crippen LogP) is 5.81. The molecule has 2 aromatic carbocycles. The van der Waals surface area contributed by atoms with Gasteiger partial charge < -0.3 is 24.4 Å². The molecule has 1 heterocycles. The fourth-order valence-electron chi connectivity index (χ4n) is 5.17. The minimum atomic E-state index is -0.175. The highest BCUT2D eigenvalue weighted by atomic mass is 16.5. The van der Waals surface area contributed by atoms with Gasteiger partial charge in [-0.25, -0.2) is 0 Å². The largest absolute Gasteiger partial charge is 0.493 e. The third-order valence-electron chi connectivity index (χ3n) is 7.46. The average Bonchev–Trinajstić information content (AvgIpc) is 2.94. The fourth-order valence-corrected chi connectivity index (χ4v) is 5.17. The van der Waals surface area contributed by atoms with E-state index in [1.807, 2.05) is 35.2 Å². The number of hydrogen-bond donors (Lipinski definition) is 1. The smallest absolute Gasteiger partial charge is 0.251 e. The fraction of sp³-hybridized carbons (Fsp3) is 0.562. The van der Waals surface area contributed by atoms with E-state index < -0.39 is 0 Å². The molecule has 0 saturated heterocycles. The number of nitrogens with zero attached hydrogens (tertiary/aromatic N) is 2. The third-order valence-corrected chi connectivity index (χ3v) is 7.46. The maximum Gasteiger partial charge on any atom is 0.251 e. The average molecular weight is 554 g/mol. The van der Waals surface area contributed by atoms with Gasteiger partial charge in [0.25, 0.3) is 5.91 Å². The number of ether oxygens (including phenoxy) is 3. The van der Waals surface area contributed by atoms with Crippen molar-refractivity contribution < 1.29 is 23.8 Å². The van der Waals surface area contributed by atoms with Crippen molar-refractivity contribution in [3.63, 3.8) is 0 Å². The van der Waals surface area contributed by atoms with Gasteiger partial charge in [0.15, 0.2) is 11.5 Å². The van der Waals surface area contributed by atoms with Crippen LogP contribution in [-0.4, -0.2) is 57.7 Å². The molecule has 0 atom stereocenters. The first-order valence-electron chi connectivity index (χ1n) is 14.5. The van der Waals surface area contributed by atoms with Gasteiger partial charge in [0.1, 0.15) is 0 Å². The van der Waals surface area contributed by atoms with Gasteiger partial charge in [0.2, 0.25) is 11.7 Å². The highest BCUT2D eigenvalue weighted by molar-refractivity contribution is 5.97. The van der Waals surface area contributed by atoms with Crippen LogP contribution in [-0.2, 0) is 17.9 Å². The van der Waals surface area contributed by atoms with Crippen LogP contribution in [0.1, 0.15) is 80.8 Å². The maximum absolute atomic E-state index is 13.3. The summed E-state index contributed by atoms with van der Waals surface area (Å²) in [4.78, 5) is 30.4. The molecule has 1 aliphatic rings. The van der Waals surface area contributed by atoms with E-state index in [9.17, 15) is 9.59 Å². The minimum Gasteiger partial charge on any atom is -0.493 e. The molecule has 8 nitrogen and oxygen atoms in total. The summed E-state index contributed by atoms with van der Waals surface area (Å²) >= 11 is 0. The van der Waals surface area contributed by atoms with Gasteiger partial charge in [-0.2, -0.15) is 0 Å². The van der Waals surface area contributed by atoms with Crippen molar-refractivity contribution in [2.24, 2.45) is 5.92 Å². The van der Waals surface area contributed by atoms with E-state index in [-0.39, 0.29) is 11.8 Å². The summed E-state index contributed by atoms with van der Waals surface area (Å²) < 4.78 is 16.3. The molecular formula is C32H47N3O5. The number of hydrogen-bond acceptors (Lipinski definition) is 6. The molecule has 0 fully saturated rings. The molecule has 2 amide bonds. The van der Waals surface area contributed by atoms with Gasteiger partial charge in [-0.15, -0.1) is 0 Å². The molecular weight excluding hydrogens is 506 g/mol. The molecule has 0 aromatic heterocycles. The van der Waals surface area contributed by atoms with Crippen LogP contribution in [0, 0.1) is 5.92 Å². The summed E-state index contributed by atoms with van der Waals surface area (Å²) in [5, 5.41) is 3.03. The van der Waals surface area contributed by atoms with Crippen LogP contribution >= 0.6 is 0 Å². The Kier molecular flexibility index (Phi) is 12.1. The standard InChI is InChI=1S/C32H47N3O5/c1-23(2)14-17-34-15-10-8-7-9-11-16-35(24(3)36)28-13-12-26(20-27(28)22-34)32(37)33-21-25-18-29(38-4)31(40-6)30(19-25)39-5/h12-13,18-20,23H,7-11,14-17,21-22H2,1-6H3,(H,33,37). The molecule has 0 unspecified atom stereocenters. The molecule has 40 heavy (non-hydrogen) atoms. The molecule has 0 radical (unpaired) electrons. The lowest BCUT2D eigenvalue weighted by atomic mass is 10.0. The number of nitrogens with one attached hydrogen (secondary N) is 1. The number of amides is 2. The zero-order valence-electron chi connectivity index (χ0n) is 25.2. The molecule has 3 rings (SSSR count). The van der Waals surface area contributed by atoms with Gasteiger partial charge in [-0.1, -0.05) is 33.1 Å². The first kappa shape index (κ1) is 31.3. The van der Waals surface area contributed by atoms with Crippen LogP contribution in [0.25, 0.3) is 0 Å². The Hall–Kier alpha value is -3.26. The highest BCUT2D eigenvalue weighted by Crippen LogP contribution is 2.38. The van der Waals surface area contributed by atoms with E-state index in [4.69, 9.17) is 14.2 Å². The van der Waals surface area contributed by atoms with Gasteiger partial charge in [-0.3, -0.25) is 14.5 Å². The number of fused-ring (bicyclic) bond motifs is 1. The van der Waals surface area contributed by atoms with Crippen molar-refractivity contribution in [1.29, 1.82) is 0 Å². The van der Waals surface area contributed by atoms with E-state index in [2.05, 4.69) is 24.1 Å². The lowest BCUT2D eigenvalue weighted by Gasteiger charge is -2.29. The molecule has 0 aliphatic carbocycles. The topological polar surface area (TPSA) is 80.3 Å². The zero-order valence-corrected chi connectivity index (χ0v) is 25.2. The van der Waals surface area contributed by atoms with E-state index in [1.54, 1.807) is 28.3 Å². The molecule has 1 N–H and O–H groups in total. The van der Waals surface area contributed by atoms with Crippen molar-refractivity contribution in [2.45, 2.75) is 72.4 Å². The van der Waals surface area contributed by atoms with Gasteiger partial charge >= 0.3 is 0 Å². The summed E-state index contributed by atoms with van der Waals surface area (Å²) in [5.74, 6) is 2.06. The maximum atomic E-state index is 13.3. The molecule has 2 aromatic rings. The number of benzene rings is 2. The Morgan fingerprint density at radius 1 is 0.900 bits per heavy atom. The Morgan fingerprint density at radius 2 is 1.55 bits per heavy atom. The van der Waals surface area contributed by atoms with E-state index in [0.717, 1.165) is 49.2 Å². The summed E-state index contributed by atoms with van der Waals surface area (Å²) in [6.45, 7) is 9.84. The van der Waals surface area contributed by atoms with Crippen LogP contribution in [0.5, 0.6) is 17.2 Å². The van der Waals surface area contributed by atoms with Crippen LogP contribution in [0.2, 0.25) is 0 Å². The minimum absolute atomic E-state index is 0.0339. The van der Waals surface area contributed by atoms with Crippen molar-refractivity contribution in [2.75, 3.05) is 45.9 Å². The predicted molar refractivity (Wildman–Crippen MR) is 160 cm³/mol. The van der Waals surface area contributed by atoms with E-state index in [1.165, 1.54) is 19.3 Å². The number of methoxy groups -OCH3 is 3. The molecule has 220 valence electrons. The first-order valence-corrected chi connectivity index (χ1v) is 14.5. The van der Waals surface area contributed by atoms with Crippen LogP contribution < -0.4 is 24.4 Å². The molecule has 0 saturated carbocycles. The summed E-state index contributed by atoms with van der Waals surface area (Å²) in [5.41, 5.74) is 3.33. The second kappa shape index (κ2) is 15.5. The zero-order chi connectivity index (χ0) is 29.1. The summed E-state index contributed by atoms with van der Waals surface area (Å²) in [6.07, 6.45) is 6.77. The SMILES string of the molecule is COc1cc(CNC(=O)c2ccc3c(c2)CN(CCC(C)C)CCCCCCCN3C(C)=O)cc(OC)c1OC. The van der Waals surface area contributed by atoms with Crippen molar-refractivity contribution in [3.8, 4) is 17.2 Å². The van der Waals surface area contributed by atoms with Crippen molar-refractivity contribution >= 4 is 17.5 Å². The number of rotatable bonds is 9. The Morgan fingerprint density at radius 3 is 2.15 bits per heavy atom. The van der Waals surface area contributed by atoms with Crippen LogP contribution in [0.15, 0.2) is 30.3 Å². The molecule has 1 aliphatic heterocycles. The van der Waals surface area contributed by atoms with Crippen LogP contribution in [0.4, 0.5) is 5.69 Å². The van der Waals surface area contributed by atoms with Gasteiger partial charge in [0.05, 0.1) is 21.3 Å². The number of carbonyl (C=O) groups is 2. The third kappa shape index (κ3) is 8.62. The van der Waals surface area contributed by atoms with Crippen molar-refractivity contribution in [3.05, 3.63) is 47.0 Å². The van der Waals surface area contributed by atoms with E-state index in [0.29, 0.717) is 48.4 Å². The number of anilines is 1. The van der Waals surface area contributed by atoms with E-state index >= 15 is 0 Å². The van der Waals surface area contributed by atoms with Crippen molar-refractivity contribution in [1.82, 2.24) is 10.2 Å². The van der Waals surface area contributed by atoms with Gasteiger partial charge in [-0.05, 0) is 79.7 Å². The lowest BCUT2D eigenvalue weighted by Crippen LogP contribution is -2.33. The van der Waals surface area contributed by atoms with Crippen LogP contribution in [0.3, 0.4) is 0 Å². The second-order valence-corrected chi connectivity index (χ2v) is 11.0. The first-order chi connectivity index (χ1) is 19.3. The Bertz CT molecular complexity index is 1110. The molecule has 0 bridgehead atoms. The number of carbonyl (C=O) groups excluding carboxylic acids is 2. The molecule has 8 heteroatoms.